The van der Waals surface area contributed by atoms with Crippen molar-refractivity contribution in [2.45, 2.75) is 13.5 Å². The molecule has 1 aliphatic rings. The molecule has 116 valence electrons. The monoisotopic (exact) mass is 328 g/mol. The van der Waals surface area contributed by atoms with Gasteiger partial charge in [-0.25, -0.2) is 14.4 Å². The Balaban J connectivity index is 1.98. The van der Waals surface area contributed by atoms with Crippen LogP contribution in [0.1, 0.15) is 11.4 Å². The van der Waals surface area contributed by atoms with Gasteiger partial charge < -0.3 is 9.47 Å². The number of halogens is 2. The summed E-state index contributed by atoms with van der Waals surface area (Å²) in [5.41, 5.74) is 4.42. The van der Waals surface area contributed by atoms with Crippen molar-refractivity contribution in [2.75, 3.05) is 4.90 Å². The summed E-state index contributed by atoms with van der Waals surface area (Å²) in [4.78, 5) is 11.0. The molecule has 0 unspecified atom stereocenters. The molecule has 0 radical (unpaired) electrons. The lowest BCUT2D eigenvalue weighted by atomic mass is 10.0. The van der Waals surface area contributed by atoms with Crippen LogP contribution in [-0.2, 0) is 13.6 Å². The number of benzene rings is 1. The summed E-state index contributed by atoms with van der Waals surface area (Å²) in [7, 11) is 1.96. The molecule has 4 nitrogen and oxygen atoms in total. The lowest BCUT2D eigenvalue weighted by molar-refractivity contribution is 0.627. The lowest BCUT2D eigenvalue weighted by Gasteiger charge is -2.30. The Morgan fingerprint density at radius 3 is 2.87 bits per heavy atom. The Kier molecular flexibility index (Phi) is 3.13. The van der Waals surface area contributed by atoms with Gasteiger partial charge in [0, 0.05) is 18.3 Å². The molecule has 1 aliphatic heterocycles. The van der Waals surface area contributed by atoms with E-state index in [-0.39, 0.29) is 5.02 Å². The van der Waals surface area contributed by atoms with Gasteiger partial charge >= 0.3 is 0 Å². The maximum absolute atomic E-state index is 13.9. The van der Waals surface area contributed by atoms with Gasteiger partial charge in [0.25, 0.3) is 0 Å². The molecule has 0 saturated heterocycles. The average Bonchev–Trinajstić information content (AvgIpc) is 2.90. The third kappa shape index (κ3) is 2.11. The minimum absolute atomic E-state index is 0.0983. The van der Waals surface area contributed by atoms with Gasteiger partial charge in [-0.15, -0.1) is 0 Å². The molecule has 3 aromatic rings. The molecule has 4 rings (SSSR count). The fraction of sp³-hybridized carbons (Fsp3) is 0.176. The van der Waals surface area contributed by atoms with Gasteiger partial charge in [0.1, 0.15) is 11.6 Å². The Morgan fingerprint density at radius 2 is 2.04 bits per heavy atom. The van der Waals surface area contributed by atoms with Crippen LogP contribution in [0.4, 0.5) is 15.9 Å². The summed E-state index contributed by atoms with van der Waals surface area (Å²) >= 11 is 6.20. The minimum atomic E-state index is -0.440. The van der Waals surface area contributed by atoms with Crippen molar-refractivity contribution in [1.29, 1.82) is 0 Å². The van der Waals surface area contributed by atoms with Crippen LogP contribution in [0.5, 0.6) is 0 Å². The van der Waals surface area contributed by atoms with Crippen LogP contribution < -0.4 is 4.90 Å². The highest BCUT2D eigenvalue weighted by atomic mass is 35.5. The summed E-state index contributed by atoms with van der Waals surface area (Å²) in [6, 6.07) is 8.80. The third-order valence-corrected chi connectivity index (χ3v) is 4.44. The van der Waals surface area contributed by atoms with Gasteiger partial charge in [-0.1, -0.05) is 17.7 Å². The van der Waals surface area contributed by atoms with E-state index in [4.69, 9.17) is 11.6 Å². The molecular formula is C17H14ClFN4. The molecule has 0 N–H and O–H groups in total. The van der Waals surface area contributed by atoms with Crippen LogP contribution in [-0.4, -0.2) is 14.5 Å². The van der Waals surface area contributed by atoms with Crippen molar-refractivity contribution < 1.29 is 4.39 Å². The number of aryl methyl sites for hydroxylation is 2. The summed E-state index contributed by atoms with van der Waals surface area (Å²) in [6.45, 7) is 2.44. The molecule has 0 bridgehead atoms. The highest BCUT2D eigenvalue weighted by molar-refractivity contribution is 6.33. The summed E-state index contributed by atoms with van der Waals surface area (Å²) in [5.74, 6) is 0.332. The molecule has 0 saturated carbocycles. The maximum atomic E-state index is 13.9. The minimum Gasteiger partial charge on any atom is -0.333 e. The molecule has 0 amide bonds. The molecule has 0 aliphatic carbocycles. The highest BCUT2D eigenvalue weighted by Crippen LogP contribution is 2.43. The standard InChI is InChI=1S/C17H14ClFN4/c1-10-6-7-11-16-13(20-9-22(16)2)8-23(17(11)21-10)14-5-3-4-12(19)15(14)18/h3-7,9H,8H2,1-2H3. The fourth-order valence-corrected chi connectivity index (χ4v) is 3.23. The van der Waals surface area contributed by atoms with Crippen LogP contribution in [0.3, 0.4) is 0 Å². The number of hydrogen-bond acceptors (Lipinski definition) is 3. The molecule has 1 aromatic carbocycles. The van der Waals surface area contributed by atoms with Crippen LogP contribution in [0, 0.1) is 12.7 Å². The van der Waals surface area contributed by atoms with E-state index in [9.17, 15) is 4.39 Å². The number of aromatic nitrogens is 3. The van der Waals surface area contributed by atoms with Crippen LogP contribution in [0.15, 0.2) is 36.7 Å². The van der Waals surface area contributed by atoms with Crippen molar-refractivity contribution in [3.05, 3.63) is 58.9 Å². The van der Waals surface area contributed by atoms with E-state index in [2.05, 4.69) is 9.97 Å². The topological polar surface area (TPSA) is 34.0 Å². The molecule has 0 spiro atoms. The summed E-state index contributed by atoms with van der Waals surface area (Å²) in [6.07, 6.45) is 1.78. The molecular weight excluding hydrogens is 315 g/mol. The number of nitrogens with zero attached hydrogens (tertiary/aromatic N) is 4. The molecule has 23 heavy (non-hydrogen) atoms. The van der Waals surface area contributed by atoms with E-state index in [0.717, 1.165) is 28.5 Å². The molecule has 6 heteroatoms. The Morgan fingerprint density at radius 1 is 1.22 bits per heavy atom. The second kappa shape index (κ2) is 5.06. The first-order valence-electron chi connectivity index (χ1n) is 7.26. The Labute approximate surface area is 138 Å². The second-order valence-electron chi connectivity index (χ2n) is 5.63. The number of fused-ring (bicyclic) bond motifs is 3. The third-order valence-electron chi connectivity index (χ3n) is 4.07. The van der Waals surface area contributed by atoms with Gasteiger partial charge in [-0.05, 0) is 31.2 Å². The van der Waals surface area contributed by atoms with E-state index < -0.39 is 5.82 Å². The Hall–Kier alpha value is -2.40. The number of imidazole rings is 1. The van der Waals surface area contributed by atoms with E-state index in [1.807, 2.05) is 35.6 Å². The van der Waals surface area contributed by atoms with E-state index in [1.165, 1.54) is 6.07 Å². The molecule has 2 aromatic heterocycles. The first-order valence-corrected chi connectivity index (χ1v) is 7.64. The number of rotatable bonds is 1. The van der Waals surface area contributed by atoms with E-state index >= 15 is 0 Å². The maximum Gasteiger partial charge on any atom is 0.143 e. The average molecular weight is 329 g/mol. The van der Waals surface area contributed by atoms with E-state index in [0.29, 0.717) is 12.2 Å². The first kappa shape index (κ1) is 14.2. The van der Waals surface area contributed by atoms with Gasteiger partial charge in [-0.3, -0.25) is 0 Å². The lowest BCUT2D eigenvalue weighted by Crippen LogP contribution is -2.24. The smallest absolute Gasteiger partial charge is 0.143 e. The number of pyridine rings is 1. The van der Waals surface area contributed by atoms with Gasteiger partial charge in [0.2, 0.25) is 0 Å². The fourth-order valence-electron chi connectivity index (χ4n) is 3.00. The highest BCUT2D eigenvalue weighted by Gasteiger charge is 2.29. The number of anilines is 2. The normalized spacial score (nSPS) is 13.0. The largest absolute Gasteiger partial charge is 0.333 e. The van der Waals surface area contributed by atoms with Gasteiger partial charge in [-0.2, -0.15) is 0 Å². The van der Waals surface area contributed by atoms with Crippen LogP contribution in [0.2, 0.25) is 5.02 Å². The molecule has 3 heterocycles. The SMILES string of the molecule is Cc1ccc2c(n1)N(c1cccc(F)c1Cl)Cc1ncn(C)c1-2. The molecule has 0 fully saturated rings. The number of hydrogen-bond donors (Lipinski definition) is 0. The van der Waals surface area contributed by atoms with E-state index in [1.54, 1.807) is 18.5 Å². The predicted octanol–water partition coefficient (Wildman–Crippen LogP) is 4.23. The second-order valence-corrected chi connectivity index (χ2v) is 6.01. The van der Waals surface area contributed by atoms with Crippen molar-refractivity contribution in [3.63, 3.8) is 0 Å². The first-order chi connectivity index (χ1) is 11.1. The summed E-state index contributed by atoms with van der Waals surface area (Å²) in [5, 5.41) is 0.0983. The quantitative estimate of drug-likeness (QED) is 0.670. The van der Waals surface area contributed by atoms with Crippen molar-refractivity contribution in [1.82, 2.24) is 14.5 Å². The van der Waals surface area contributed by atoms with Gasteiger partial charge in [0.15, 0.2) is 0 Å². The summed E-state index contributed by atoms with van der Waals surface area (Å²) < 4.78 is 15.9. The molecule has 0 atom stereocenters. The van der Waals surface area contributed by atoms with Crippen molar-refractivity contribution in [3.8, 4) is 11.3 Å². The Bertz CT molecular complexity index is 919. The van der Waals surface area contributed by atoms with Gasteiger partial charge in [0.05, 0.1) is 35.0 Å². The van der Waals surface area contributed by atoms with Crippen molar-refractivity contribution >= 4 is 23.1 Å². The van der Waals surface area contributed by atoms with Crippen LogP contribution in [0.25, 0.3) is 11.3 Å². The zero-order valence-corrected chi connectivity index (χ0v) is 13.5. The zero-order valence-electron chi connectivity index (χ0n) is 12.7. The zero-order chi connectivity index (χ0) is 16.1. The predicted molar refractivity (Wildman–Crippen MR) is 88.4 cm³/mol. The van der Waals surface area contributed by atoms with Crippen LogP contribution >= 0.6 is 11.6 Å². The van der Waals surface area contributed by atoms with Crippen molar-refractivity contribution in [2.24, 2.45) is 7.05 Å².